The molecule has 1 unspecified atom stereocenters. The fourth-order valence-corrected chi connectivity index (χ4v) is 1.36. The van der Waals surface area contributed by atoms with E-state index < -0.39 is 17.1 Å². The summed E-state index contributed by atoms with van der Waals surface area (Å²) >= 11 is 0. The summed E-state index contributed by atoms with van der Waals surface area (Å²) < 4.78 is 11.1. The molecule has 0 rings (SSSR count). The molecule has 0 aromatic carbocycles. The molecule has 0 heterocycles. The van der Waals surface area contributed by atoms with Crippen molar-refractivity contribution in [3.63, 3.8) is 0 Å². The molecule has 2 N–H and O–H groups in total. The van der Waals surface area contributed by atoms with Gasteiger partial charge in [-0.25, -0.2) is 0 Å². The zero-order valence-corrected chi connectivity index (χ0v) is 11.8. The third-order valence-corrected chi connectivity index (χ3v) is 3.02. The van der Waals surface area contributed by atoms with Crippen LogP contribution in [0.4, 0.5) is 0 Å². The van der Waals surface area contributed by atoms with E-state index >= 15 is 0 Å². The van der Waals surface area contributed by atoms with Crippen LogP contribution in [0.15, 0.2) is 0 Å². The van der Waals surface area contributed by atoms with Gasteiger partial charge in [0, 0.05) is 6.42 Å². The van der Waals surface area contributed by atoms with E-state index in [1.165, 1.54) is 0 Å². The Morgan fingerprint density at radius 2 is 1.89 bits per heavy atom. The molecular weight excluding hydrogens is 234 g/mol. The summed E-state index contributed by atoms with van der Waals surface area (Å²) in [6.45, 7) is 8.04. The maximum Gasteiger partial charge on any atom is 0.243 e. The van der Waals surface area contributed by atoms with Crippen molar-refractivity contribution in [3.8, 4) is 0 Å². The van der Waals surface area contributed by atoms with Crippen molar-refractivity contribution in [2.45, 2.75) is 58.2 Å². The van der Waals surface area contributed by atoms with Crippen LogP contribution in [0.3, 0.4) is 0 Å². The number of rotatable bonds is 10. The Morgan fingerprint density at radius 3 is 2.33 bits per heavy atom. The normalized spacial score (nSPS) is 15.1. The molecule has 0 spiro atoms. The standard InChI is InChI=1S/C13H25NO4/c1-5-13(4,6-8-15)17-9-7-12(2,3)18-10-11(14)16/h8H,5-7,9-10H2,1-4H3,(H2,14,16). The Labute approximate surface area is 109 Å². The van der Waals surface area contributed by atoms with E-state index in [0.717, 1.165) is 12.7 Å². The molecule has 1 atom stereocenters. The topological polar surface area (TPSA) is 78.6 Å². The van der Waals surface area contributed by atoms with Crippen LogP contribution in [-0.2, 0) is 19.1 Å². The van der Waals surface area contributed by atoms with E-state index in [9.17, 15) is 9.59 Å². The highest BCUT2D eigenvalue weighted by Crippen LogP contribution is 2.21. The predicted molar refractivity (Wildman–Crippen MR) is 69.2 cm³/mol. The average Bonchev–Trinajstić information content (AvgIpc) is 2.27. The van der Waals surface area contributed by atoms with Gasteiger partial charge >= 0.3 is 0 Å². The highest BCUT2D eigenvalue weighted by atomic mass is 16.5. The van der Waals surface area contributed by atoms with E-state index in [0.29, 0.717) is 19.4 Å². The van der Waals surface area contributed by atoms with E-state index in [1.54, 1.807) is 0 Å². The number of nitrogens with two attached hydrogens (primary N) is 1. The largest absolute Gasteiger partial charge is 0.375 e. The highest BCUT2D eigenvalue weighted by Gasteiger charge is 2.25. The van der Waals surface area contributed by atoms with Crippen molar-refractivity contribution >= 4 is 12.2 Å². The van der Waals surface area contributed by atoms with Gasteiger partial charge in [-0.1, -0.05) is 6.92 Å². The maximum absolute atomic E-state index is 10.6. The molecule has 0 saturated carbocycles. The van der Waals surface area contributed by atoms with E-state index in [1.807, 2.05) is 27.7 Å². The van der Waals surface area contributed by atoms with Crippen LogP contribution in [0.1, 0.15) is 47.0 Å². The van der Waals surface area contributed by atoms with Crippen LogP contribution in [0.2, 0.25) is 0 Å². The van der Waals surface area contributed by atoms with Gasteiger partial charge in [0.05, 0.1) is 17.8 Å². The smallest absolute Gasteiger partial charge is 0.243 e. The SMILES string of the molecule is CCC(C)(CC=O)OCCC(C)(C)OCC(N)=O. The number of ether oxygens (including phenoxy) is 2. The molecule has 0 radical (unpaired) electrons. The monoisotopic (exact) mass is 259 g/mol. The molecule has 5 heteroatoms. The average molecular weight is 259 g/mol. The Bertz CT molecular complexity index is 278. The molecule has 0 saturated heterocycles. The number of hydrogen-bond acceptors (Lipinski definition) is 4. The Hall–Kier alpha value is -0.940. The van der Waals surface area contributed by atoms with Crippen molar-refractivity contribution in [1.29, 1.82) is 0 Å². The molecular formula is C13H25NO4. The minimum absolute atomic E-state index is 0.0909. The van der Waals surface area contributed by atoms with Crippen molar-refractivity contribution in [3.05, 3.63) is 0 Å². The highest BCUT2D eigenvalue weighted by molar-refractivity contribution is 5.75. The Morgan fingerprint density at radius 1 is 1.28 bits per heavy atom. The minimum Gasteiger partial charge on any atom is -0.375 e. The second kappa shape index (κ2) is 7.48. The molecule has 18 heavy (non-hydrogen) atoms. The number of primary amides is 1. The number of amides is 1. The quantitative estimate of drug-likeness (QED) is 0.602. The van der Waals surface area contributed by atoms with Crippen LogP contribution in [0.25, 0.3) is 0 Å². The second-order valence-electron chi connectivity index (χ2n) is 5.29. The second-order valence-corrected chi connectivity index (χ2v) is 5.29. The first kappa shape index (κ1) is 17.1. The van der Waals surface area contributed by atoms with Gasteiger partial charge in [0.25, 0.3) is 0 Å². The zero-order chi connectivity index (χ0) is 14.2. The number of hydrogen-bond donors (Lipinski definition) is 1. The zero-order valence-electron chi connectivity index (χ0n) is 11.8. The molecule has 0 aliphatic heterocycles. The number of aldehydes is 1. The summed E-state index contributed by atoms with van der Waals surface area (Å²) in [4.78, 5) is 21.2. The first-order chi connectivity index (χ1) is 8.24. The van der Waals surface area contributed by atoms with Gasteiger partial charge in [-0.15, -0.1) is 0 Å². The summed E-state index contributed by atoms with van der Waals surface area (Å²) in [6.07, 6.45) is 2.66. The first-order valence-electron chi connectivity index (χ1n) is 6.24. The fraction of sp³-hybridized carbons (Fsp3) is 0.846. The lowest BCUT2D eigenvalue weighted by atomic mass is 9.99. The van der Waals surface area contributed by atoms with Crippen LogP contribution >= 0.6 is 0 Å². The molecule has 0 fully saturated rings. The molecule has 0 aromatic rings. The molecule has 0 aliphatic carbocycles. The molecule has 106 valence electrons. The fourth-order valence-electron chi connectivity index (χ4n) is 1.36. The van der Waals surface area contributed by atoms with Crippen LogP contribution in [0.5, 0.6) is 0 Å². The number of carbonyl (C=O) groups is 2. The van der Waals surface area contributed by atoms with Gasteiger partial charge in [-0.3, -0.25) is 4.79 Å². The number of carbonyl (C=O) groups excluding carboxylic acids is 2. The van der Waals surface area contributed by atoms with Gasteiger partial charge < -0.3 is 20.0 Å². The van der Waals surface area contributed by atoms with Gasteiger partial charge in [0.15, 0.2) is 0 Å². The molecule has 0 bridgehead atoms. The molecule has 1 amide bonds. The van der Waals surface area contributed by atoms with Crippen molar-refractivity contribution < 1.29 is 19.1 Å². The summed E-state index contributed by atoms with van der Waals surface area (Å²) in [7, 11) is 0. The van der Waals surface area contributed by atoms with E-state index in [4.69, 9.17) is 15.2 Å². The van der Waals surface area contributed by atoms with Crippen molar-refractivity contribution in [2.24, 2.45) is 5.73 Å². The Balaban J connectivity index is 4.07. The van der Waals surface area contributed by atoms with Gasteiger partial charge in [-0.05, 0) is 33.6 Å². The summed E-state index contributed by atoms with van der Waals surface area (Å²) in [6, 6.07) is 0. The van der Waals surface area contributed by atoms with Crippen LogP contribution in [-0.4, -0.2) is 36.6 Å². The minimum atomic E-state index is -0.483. The van der Waals surface area contributed by atoms with Crippen molar-refractivity contribution in [1.82, 2.24) is 0 Å². The molecule has 5 nitrogen and oxygen atoms in total. The molecule has 0 aromatic heterocycles. The third kappa shape index (κ3) is 7.40. The van der Waals surface area contributed by atoms with E-state index in [2.05, 4.69) is 0 Å². The third-order valence-electron chi connectivity index (χ3n) is 3.02. The summed E-state index contributed by atoms with van der Waals surface area (Å²) in [5.41, 5.74) is 4.14. The van der Waals surface area contributed by atoms with Gasteiger partial charge in [0.1, 0.15) is 12.9 Å². The van der Waals surface area contributed by atoms with Gasteiger partial charge in [-0.2, -0.15) is 0 Å². The Kier molecular flexibility index (Phi) is 7.09. The van der Waals surface area contributed by atoms with Gasteiger partial charge in [0.2, 0.25) is 5.91 Å². The lowest BCUT2D eigenvalue weighted by molar-refractivity contribution is -0.132. The maximum atomic E-state index is 10.6. The summed E-state index contributed by atoms with van der Waals surface area (Å²) in [5, 5.41) is 0. The van der Waals surface area contributed by atoms with E-state index in [-0.39, 0.29) is 6.61 Å². The van der Waals surface area contributed by atoms with Crippen molar-refractivity contribution in [2.75, 3.05) is 13.2 Å². The summed E-state index contributed by atoms with van der Waals surface area (Å²) in [5.74, 6) is -0.483. The molecule has 0 aliphatic rings. The van der Waals surface area contributed by atoms with Crippen LogP contribution in [0, 0.1) is 0 Å². The first-order valence-corrected chi connectivity index (χ1v) is 6.24. The lowest BCUT2D eigenvalue weighted by Crippen LogP contribution is -2.34. The lowest BCUT2D eigenvalue weighted by Gasteiger charge is -2.30. The predicted octanol–water partition coefficient (Wildman–Crippen LogP) is 1.43. The van der Waals surface area contributed by atoms with Crippen LogP contribution < -0.4 is 5.73 Å².